The maximum atomic E-state index is 13.4. The zero-order chi connectivity index (χ0) is 11.4. The highest BCUT2D eigenvalue weighted by atomic mass is 19.1. The predicted octanol–water partition coefficient (Wildman–Crippen LogP) is 2.60. The summed E-state index contributed by atoms with van der Waals surface area (Å²) < 4.78 is 15.1. The van der Waals surface area contributed by atoms with E-state index in [1.807, 2.05) is 6.07 Å². The van der Waals surface area contributed by atoms with Crippen LogP contribution in [0.5, 0.6) is 0 Å². The Labute approximate surface area is 92.7 Å². The molecule has 0 saturated carbocycles. The van der Waals surface area contributed by atoms with Crippen LogP contribution in [0, 0.1) is 17.1 Å². The van der Waals surface area contributed by atoms with Gasteiger partial charge in [0.15, 0.2) is 0 Å². The minimum absolute atomic E-state index is 0.262. The SMILES string of the molecule is N#CCCn1cc(-c2ccccc2F)cn1. The van der Waals surface area contributed by atoms with E-state index in [1.165, 1.54) is 6.07 Å². The fourth-order valence-electron chi connectivity index (χ4n) is 1.48. The number of hydrogen-bond acceptors (Lipinski definition) is 2. The Morgan fingerprint density at radius 1 is 1.38 bits per heavy atom. The fraction of sp³-hybridized carbons (Fsp3) is 0.167. The molecule has 1 aromatic heterocycles. The molecule has 0 spiro atoms. The summed E-state index contributed by atoms with van der Waals surface area (Å²) in [5.74, 6) is -0.262. The van der Waals surface area contributed by atoms with Crippen LogP contribution < -0.4 is 0 Å². The fourth-order valence-corrected chi connectivity index (χ4v) is 1.48. The molecule has 0 bridgehead atoms. The third-order valence-electron chi connectivity index (χ3n) is 2.27. The molecule has 80 valence electrons. The zero-order valence-corrected chi connectivity index (χ0v) is 8.60. The summed E-state index contributed by atoms with van der Waals surface area (Å²) in [7, 11) is 0. The van der Waals surface area contributed by atoms with Crippen LogP contribution in [0.4, 0.5) is 4.39 Å². The summed E-state index contributed by atoms with van der Waals surface area (Å²) in [6, 6.07) is 8.60. The molecule has 0 aliphatic heterocycles. The second-order valence-electron chi connectivity index (χ2n) is 3.38. The van der Waals surface area contributed by atoms with Gasteiger partial charge >= 0.3 is 0 Å². The average molecular weight is 215 g/mol. The number of nitriles is 1. The van der Waals surface area contributed by atoms with E-state index in [2.05, 4.69) is 5.10 Å². The summed E-state index contributed by atoms with van der Waals surface area (Å²) in [4.78, 5) is 0. The number of nitrogens with zero attached hydrogens (tertiary/aromatic N) is 3. The molecule has 4 heteroatoms. The van der Waals surface area contributed by atoms with E-state index in [9.17, 15) is 4.39 Å². The average Bonchev–Trinajstić information content (AvgIpc) is 2.75. The molecule has 1 aromatic carbocycles. The highest BCUT2D eigenvalue weighted by Crippen LogP contribution is 2.21. The Kier molecular flexibility index (Phi) is 2.97. The van der Waals surface area contributed by atoms with Crippen molar-refractivity contribution < 1.29 is 4.39 Å². The number of halogens is 1. The van der Waals surface area contributed by atoms with Crippen molar-refractivity contribution in [2.75, 3.05) is 0 Å². The second kappa shape index (κ2) is 4.58. The first-order valence-corrected chi connectivity index (χ1v) is 4.95. The van der Waals surface area contributed by atoms with Crippen molar-refractivity contribution in [2.45, 2.75) is 13.0 Å². The molecule has 0 atom stereocenters. The van der Waals surface area contributed by atoms with Crippen LogP contribution >= 0.6 is 0 Å². The molecule has 0 fully saturated rings. The van der Waals surface area contributed by atoms with Gasteiger partial charge in [-0.05, 0) is 6.07 Å². The van der Waals surface area contributed by atoms with Crippen LogP contribution in [0.25, 0.3) is 11.1 Å². The van der Waals surface area contributed by atoms with Crippen LogP contribution in [-0.2, 0) is 6.54 Å². The largest absolute Gasteiger partial charge is 0.271 e. The van der Waals surface area contributed by atoms with Crippen molar-refractivity contribution in [1.82, 2.24) is 9.78 Å². The highest BCUT2D eigenvalue weighted by Gasteiger charge is 2.06. The molecular formula is C12H10FN3. The maximum absolute atomic E-state index is 13.4. The Hall–Kier alpha value is -2.15. The second-order valence-corrected chi connectivity index (χ2v) is 3.38. The van der Waals surface area contributed by atoms with Gasteiger partial charge in [0, 0.05) is 17.3 Å². The lowest BCUT2D eigenvalue weighted by atomic mass is 10.1. The van der Waals surface area contributed by atoms with E-state index in [4.69, 9.17) is 5.26 Å². The molecule has 1 heterocycles. The smallest absolute Gasteiger partial charge is 0.131 e. The van der Waals surface area contributed by atoms with Crippen molar-refractivity contribution in [3.8, 4) is 17.2 Å². The van der Waals surface area contributed by atoms with E-state index in [1.54, 1.807) is 35.3 Å². The summed E-state index contributed by atoms with van der Waals surface area (Å²) >= 11 is 0. The van der Waals surface area contributed by atoms with Gasteiger partial charge in [-0.25, -0.2) is 4.39 Å². The molecule has 0 aliphatic carbocycles. The highest BCUT2D eigenvalue weighted by molar-refractivity contribution is 5.62. The summed E-state index contributed by atoms with van der Waals surface area (Å²) in [5.41, 5.74) is 1.27. The topological polar surface area (TPSA) is 41.6 Å². The van der Waals surface area contributed by atoms with Gasteiger partial charge in [0.1, 0.15) is 5.82 Å². The van der Waals surface area contributed by atoms with Crippen molar-refractivity contribution in [1.29, 1.82) is 5.26 Å². The third kappa shape index (κ3) is 2.09. The van der Waals surface area contributed by atoms with E-state index < -0.39 is 0 Å². The van der Waals surface area contributed by atoms with Crippen LogP contribution in [0.15, 0.2) is 36.7 Å². The minimum Gasteiger partial charge on any atom is -0.271 e. The molecule has 0 saturated heterocycles. The normalized spacial score (nSPS) is 10.0. The lowest BCUT2D eigenvalue weighted by molar-refractivity contribution is 0.626. The van der Waals surface area contributed by atoms with Crippen molar-refractivity contribution in [3.05, 3.63) is 42.5 Å². The molecule has 0 unspecified atom stereocenters. The van der Waals surface area contributed by atoms with Gasteiger partial charge in [-0.2, -0.15) is 10.4 Å². The Morgan fingerprint density at radius 3 is 2.94 bits per heavy atom. The van der Waals surface area contributed by atoms with Crippen molar-refractivity contribution >= 4 is 0 Å². The monoisotopic (exact) mass is 215 g/mol. The van der Waals surface area contributed by atoms with Crippen LogP contribution in [-0.4, -0.2) is 9.78 Å². The standard InChI is InChI=1S/C12H10FN3/c13-12-5-2-1-4-11(12)10-8-15-16(9-10)7-3-6-14/h1-2,4-5,8-9H,3,7H2. The summed E-state index contributed by atoms with van der Waals surface area (Å²) in [5, 5.41) is 12.5. The number of hydrogen-bond donors (Lipinski definition) is 0. The number of benzene rings is 1. The van der Waals surface area contributed by atoms with Gasteiger partial charge in [0.25, 0.3) is 0 Å². The van der Waals surface area contributed by atoms with Gasteiger partial charge in [-0.1, -0.05) is 18.2 Å². The van der Waals surface area contributed by atoms with E-state index in [0.717, 1.165) is 5.56 Å². The Morgan fingerprint density at radius 2 is 2.19 bits per heavy atom. The molecular weight excluding hydrogens is 205 g/mol. The number of aryl methyl sites for hydroxylation is 1. The van der Waals surface area contributed by atoms with E-state index in [0.29, 0.717) is 18.5 Å². The van der Waals surface area contributed by atoms with Crippen LogP contribution in [0.1, 0.15) is 6.42 Å². The van der Waals surface area contributed by atoms with Gasteiger partial charge in [-0.15, -0.1) is 0 Å². The number of aromatic nitrogens is 2. The first-order chi connectivity index (χ1) is 7.81. The Balaban J connectivity index is 2.26. The molecule has 0 N–H and O–H groups in total. The van der Waals surface area contributed by atoms with Gasteiger partial charge in [0.2, 0.25) is 0 Å². The molecule has 0 amide bonds. The van der Waals surface area contributed by atoms with E-state index in [-0.39, 0.29) is 5.82 Å². The van der Waals surface area contributed by atoms with Crippen LogP contribution in [0.3, 0.4) is 0 Å². The molecule has 2 aromatic rings. The quantitative estimate of drug-likeness (QED) is 0.789. The van der Waals surface area contributed by atoms with Crippen molar-refractivity contribution in [2.24, 2.45) is 0 Å². The lowest BCUT2D eigenvalue weighted by Crippen LogP contribution is -1.96. The van der Waals surface area contributed by atoms with E-state index >= 15 is 0 Å². The van der Waals surface area contributed by atoms with Gasteiger partial charge < -0.3 is 0 Å². The Bertz CT molecular complexity index is 525. The molecule has 16 heavy (non-hydrogen) atoms. The zero-order valence-electron chi connectivity index (χ0n) is 8.60. The first kappa shape index (κ1) is 10.4. The summed E-state index contributed by atoms with van der Waals surface area (Å²) in [6.07, 6.45) is 3.75. The molecule has 0 radical (unpaired) electrons. The molecule has 2 rings (SSSR count). The predicted molar refractivity (Wildman–Crippen MR) is 57.9 cm³/mol. The molecule has 0 aliphatic rings. The minimum atomic E-state index is -0.262. The molecule has 3 nitrogen and oxygen atoms in total. The summed E-state index contributed by atoms with van der Waals surface area (Å²) in [6.45, 7) is 0.533. The third-order valence-corrected chi connectivity index (χ3v) is 2.27. The first-order valence-electron chi connectivity index (χ1n) is 4.95. The van der Waals surface area contributed by atoms with Gasteiger partial charge in [0.05, 0.1) is 25.2 Å². The van der Waals surface area contributed by atoms with Gasteiger partial charge in [-0.3, -0.25) is 4.68 Å². The van der Waals surface area contributed by atoms with Crippen molar-refractivity contribution in [3.63, 3.8) is 0 Å². The van der Waals surface area contributed by atoms with Crippen LogP contribution in [0.2, 0.25) is 0 Å². The lowest BCUT2D eigenvalue weighted by Gasteiger charge is -1.98. The maximum Gasteiger partial charge on any atom is 0.131 e. The number of rotatable bonds is 3.